The van der Waals surface area contributed by atoms with Gasteiger partial charge in [-0.2, -0.15) is 0 Å². The SMILES string of the molecule is CN(C)c1ccc(-c2cc3c(O)c(Oc4ccccn4)c(=O)[nH]c3cc2Cl)cc1. The fourth-order valence-corrected chi connectivity index (χ4v) is 3.32. The number of ether oxygens (including phenoxy) is 1. The van der Waals surface area contributed by atoms with E-state index in [1.54, 1.807) is 30.3 Å². The van der Waals surface area contributed by atoms with Crippen LogP contribution in [0.4, 0.5) is 5.69 Å². The Morgan fingerprint density at radius 2 is 1.86 bits per heavy atom. The van der Waals surface area contributed by atoms with E-state index in [-0.39, 0.29) is 17.4 Å². The molecule has 0 aliphatic rings. The number of hydrogen-bond acceptors (Lipinski definition) is 5. The number of aromatic amines is 1. The molecule has 0 fully saturated rings. The van der Waals surface area contributed by atoms with Crippen LogP contribution >= 0.6 is 11.6 Å². The van der Waals surface area contributed by atoms with Gasteiger partial charge in [-0.3, -0.25) is 4.79 Å². The average Bonchev–Trinajstić information content (AvgIpc) is 2.71. The molecule has 0 radical (unpaired) electrons. The summed E-state index contributed by atoms with van der Waals surface area (Å²) in [7, 11) is 3.94. The minimum Gasteiger partial charge on any atom is -0.504 e. The molecular weight excluding hydrogens is 390 g/mol. The molecule has 2 aromatic heterocycles. The van der Waals surface area contributed by atoms with Crippen LogP contribution < -0.4 is 15.2 Å². The number of H-pyrrole nitrogens is 1. The van der Waals surface area contributed by atoms with Crippen molar-refractivity contribution in [1.82, 2.24) is 9.97 Å². The van der Waals surface area contributed by atoms with E-state index >= 15 is 0 Å². The van der Waals surface area contributed by atoms with Crippen molar-refractivity contribution in [2.24, 2.45) is 0 Å². The first-order valence-electron chi connectivity index (χ1n) is 8.89. The van der Waals surface area contributed by atoms with Crippen molar-refractivity contribution in [3.63, 3.8) is 0 Å². The van der Waals surface area contributed by atoms with Gasteiger partial charge in [-0.25, -0.2) is 4.98 Å². The number of nitrogens with one attached hydrogen (secondary N) is 1. The van der Waals surface area contributed by atoms with Crippen molar-refractivity contribution in [2.45, 2.75) is 0 Å². The minimum atomic E-state index is -0.570. The van der Waals surface area contributed by atoms with Gasteiger partial charge in [0, 0.05) is 43.0 Å². The molecule has 29 heavy (non-hydrogen) atoms. The minimum absolute atomic E-state index is 0.209. The number of rotatable bonds is 4. The van der Waals surface area contributed by atoms with Crippen molar-refractivity contribution in [2.75, 3.05) is 19.0 Å². The van der Waals surface area contributed by atoms with E-state index in [9.17, 15) is 9.90 Å². The van der Waals surface area contributed by atoms with Gasteiger partial charge in [-0.05, 0) is 35.9 Å². The lowest BCUT2D eigenvalue weighted by molar-refractivity contribution is 0.401. The molecule has 0 aliphatic heterocycles. The highest BCUT2D eigenvalue weighted by molar-refractivity contribution is 6.34. The molecule has 2 N–H and O–H groups in total. The maximum absolute atomic E-state index is 12.4. The fraction of sp³-hybridized carbons (Fsp3) is 0.0909. The molecule has 0 bridgehead atoms. The highest BCUT2D eigenvalue weighted by atomic mass is 35.5. The quantitative estimate of drug-likeness (QED) is 0.507. The molecule has 146 valence electrons. The summed E-state index contributed by atoms with van der Waals surface area (Å²) in [6.07, 6.45) is 1.54. The number of anilines is 1. The first kappa shape index (κ1) is 18.8. The zero-order chi connectivity index (χ0) is 20.5. The number of fused-ring (bicyclic) bond motifs is 1. The molecule has 0 saturated carbocycles. The van der Waals surface area contributed by atoms with Crippen molar-refractivity contribution in [3.8, 4) is 28.5 Å². The van der Waals surface area contributed by atoms with Crippen LogP contribution in [0.2, 0.25) is 5.02 Å². The van der Waals surface area contributed by atoms with Crippen LogP contribution in [-0.2, 0) is 0 Å². The van der Waals surface area contributed by atoms with Gasteiger partial charge in [0.2, 0.25) is 11.6 Å². The summed E-state index contributed by atoms with van der Waals surface area (Å²) in [6.45, 7) is 0. The van der Waals surface area contributed by atoms with Gasteiger partial charge in [0.05, 0.1) is 10.5 Å². The topological polar surface area (TPSA) is 78.5 Å². The summed E-state index contributed by atoms with van der Waals surface area (Å²) in [5.41, 5.74) is 2.53. The molecule has 0 spiro atoms. The van der Waals surface area contributed by atoms with Gasteiger partial charge < -0.3 is 19.7 Å². The van der Waals surface area contributed by atoms with Crippen LogP contribution in [0.25, 0.3) is 22.0 Å². The van der Waals surface area contributed by atoms with Crippen molar-refractivity contribution in [3.05, 3.63) is 76.2 Å². The first-order chi connectivity index (χ1) is 13.9. The Hall–Kier alpha value is -3.51. The van der Waals surface area contributed by atoms with Gasteiger partial charge in [0.1, 0.15) is 0 Å². The Balaban J connectivity index is 1.84. The summed E-state index contributed by atoms with van der Waals surface area (Å²) in [6, 6.07) is 16.3. The molecule has 4 aromatic rings. The Morgan fingerprint density at radius 1 is 1.10 bits per heavy atom. The molecule has 6 nitrogen and oxygen atoms in total. The lowest BCUT2D eigenvalue weighted by Crippen LogP contribution is -2.09. The number of hydrogen-bond donors (Lipinski definition) is 2. The van der Waals surface area contributed by atoms with Gasteiger partial charge in [0.15, 0.2) is 5.75 Å². The summed E-state index contributed by atoms with van der Waals surface area (Å²) < 4.78 is 5.52. The number of pyridine rings is 2. The van der Waals surface area contributed by atoms with E-state index in [1.807, 2.05) is 43.3 Å². The first-order valence-corrected chi connectivity index (χ1v) is 9.27. The number of aromatic nitrogens is 2. The second kappa shape index (κ2) is 7.48. The highest BCUT2D eigenvalue weighted by Gasteiger charge is 2.17. The molecular formula is C22H18ClN3O3. The van der Waals surface area contributed by atoms with Crippen molar-refractivity contribution < 1.29 is 9.84 Å². The Labute approximate surface area is 172 Å². The zero-order valence-electron chi connectivity index (χ0n) is 15.8. The largest absolute Gasteiger partial charge is 0.504 e. The van der Waals surface area contributed by atoms with Crippen LogP contribution in [-0.4, -0.2) is 29.2 Å². The van der Waals surface area contributed by atoms with Crippen LogP contribution in [0.1, 0.15) is 0 Å². The van der Waals surface area contributed by atoms with E-state index in [1.165, 1.54) is 6.20 Å². The van der Waals surface area contributed by atoms with Crippen LogP contribution in [0.3, 0.4) is 0 Å². The van der Waals surface area contributed by atoms with Gasteiger partial charge in [0.25, 0.3) is 5.56 Å². The highest BCUT2D eigenvalue weighted by Crippen LogP contribution is 2.38. The van der Waals surface area contributed by atoms with E-state index in [2.05, 4.69) is 9.97 Å². The number of benzene rings is 2. The average molecular weight is 408 g/mol. The Bertz CT molecular complexity index is 1240. The molecule has 0 atom stereocenters. The summed E-state index contributed by atoms with van der Waals surface area (Å²) in [5, 5.41) is 11.6. The summed E-state index contributed by atoms with van der Waals surface area (Å²) in [5.74, 6) is -0.272. The van der Waals surface area contributed by atoms with E-state index in [0.717, 1.165) is 16.8 Å². The second-order valence-corrected chi connectivity index (χ2v) is 7.13. The predicted molar refractivity (Wildman–Crippen MR) is 115 cm³/mol. The molecule has 7 heteroatoms. The number of nitrogens with zero attached hydrogens (tertiary/aromatic N) is 2. The Kier molecular flexibility index (Phi) is 4.86. The Morgan fingerprint density at radius 3 is 2.52 bits per heavy atom. The van der Waals surface area contributed by atoms with Crippen molar-refractivity contribution >= 4 is 28.2 Å². The maximum atomic E-state index is 12.4. The second-order valence-electron chi connectivity index (χ2n) is 6.72. The monoisotopic (exact) mass is 407 g/mol. The molecule has 0 amide bonds. The smallest absolute Gasteiger partial charge is 0.295 e. The standard InChI is InChI=1S/C22H18ClN3O3/c1-26(2)14-8-6-13(7-9-14)15-11-16-18(12-17(15)23)25-22(28)21(20(16)27)29-19-5-3-4-10-24-19/h3-12H,1-2H3,(H2,25,27,28). The molecule has 0 unspecified atom stereocenters. The molecule has 2 heterocycles. The zero-order valence-corrected chi connectivity index (χ0v) is 16.6. The third-order valence-corrected chi connectivity index (χ3v) is 4.88. The maximum Gasteiger partial charge on any atom is 0.295 e. The van der Waals surface area contributed by atoms with Crippen LogP contribution in [0.15, 0.2) is 65.6 Å². The van der Waals surface area contributed by atoms with E-state index in [0.29, 0.717) is 15.9 Å². The van der Waals surface area contributed by atoms with E-state index < -0.39 is 5.56 Å². The fourth-order valence-electron chi connectivity index (χ4n) is 3.05. The van der Waals surface area contributed by atoms with Gasteiger partial charge in [-0.15, -0.1) is 0 Å². The van der Waals surface area contributed by atoms with Crippen LogP contribution in [0.5, 0.6) is 17.4 Å². The van der Waals surface area contributed by atoms with E-state index in [4.69, 9.17) is 16.3 Å². The van der Waals surface area contributed by atoms with Crippen molar-refractivity contribution in [1.29, 1.82) is 0 Å². The van der Waals surface area contributed by atoms with Crippen LogP contribution in [0, 0.1) is 0 Å². The molecule has 0 saturated heterocycles. The third kappa shape index (κ3) is 3.62. The summed E-state index contributed by atoms with van der Waals surface area (Å²) >= 11 is 6.46. The van der Waals surface area contributed by atoms with Gasteiger partial charge >= 0.3 is 0 Å². The molecule has 2 aromatic carbocycles. The van der Waals surface area contributed by atoms with Gasteiger partial charge in [-0.1, -0.05) is 29.8 Å². The molecule has 0 aliphatic carbocycles. The normalized spacial score (nSPS) is 10.9. The predicted octanol–water partition coefficient (Wildman–Crippen LogP) is 4.81. The lowest BCUT2D eigenvalue weighted by Gasteiger charge is -2.14. The lowest BCUT2D eigenvalue weighted by atomic mass is 10.0. The number of halogens is 1. The number of aromatic hydroxyl groups is 1. The third-order valence-electron chi connectivity index (χ3n) is 4.57. The molecule has 4 rings (SSSR count). The summed E-state index contributed by atoms with van der Waals surface area (Å²) in [4.78, 5) is 21.1.